The first kappa shape index (κ1) is 43.3. The van der Waals surface area contributed by atoms with E-state index >= 15 is 0 Å². The standard InChI is InChI=1S/C23H23F3N2O3.C23H24F2N2O3/c24-16-9-6-11-18-20(16)15(21(30)27-17-10-4-5-12-19(17)29)13-28(18)22(31-23(25)26)14-7-2-1-3-8-14;1-30-15-10-9-14(18(25)11-15)12-27-13-16(22-17(24)5-4-7-20(22)27)23(29)26-19-6-2-3-8-21(19)28/h1-3,6-9,11,13,17,19,22-23,29H,4-5,10,12H2,(H,27,30);4-5,7,9-11,13,19,21,28H,2-3,6,8,12H2,1H3,(H,26,29)/t17-,19-,22?;19-,21-/m00/s1. The summed E-state index contributed by atoms with van der Waals surface area (Å²) >= 11 is 0. The van der Waals surface area contributed by atoms with Crippen molar-refractivity contribution in [1.29, 1.82) is 0 Å². The maximum atomic E-state index is 14.8. The minimum Gasteiger partial charge on any atom is -0.497 e. The van der Waals surface area contributed by atoms with Crippen LogP contribution in [0.5, 0.6) is 5.75 Å². The Hall–Kier alpha value is -5.77. The van der Waals surface area contributed by atoms with Gasteiger partial charge in [-0.2, -0.15) is 8.78 Å². The molecule has 0 spiro atoms. The molecule has 1 unspecified atom stereocenters. The molecule has 5 atom stereocenters. The van der Waals surface area contributed by atoms with Gasteiger partial charge in [-0.25, -0.2) is 13.2 Å². The lowest BCUT2D eigenvalue weighted by Gasteiger charge is -2.28. The molecule has 61 heavy (non-hydrogen) atoms. The van der Waals surface area contributed by atoms with Gasteiger partial charge in [0.1, 0.15) is 23.2 Å². The van der Waals surface area contributed by atoms with Crippen LogP contribution in [0.2, 0.25) is 0 Å². The second kappa shape index (κ2) is 19.3. The third kappa shape index (κ3) is 9.74. The zero-order chi connectivity index (χ0) is 43.2. The fourth-order valence-corrected chi connectivity index (χ4v) is 8.28. The summed E-state index contributed by atoms with van der Waals surface area (Å²) in [6.45, 7) is -2.94. The summed E-state index contributed by atoms with van der Waals surface area (Å²) in [5, 5.41) is 26.2. The number of nitrogens with zero attached hydrogens (tertiary/aromatic N) is 2. The number of halogens is 5. The van der Waals surface area contributed by atoms with E-state index in [4.69, 9.17) is 9.47 Å². The molecule has 2 aliphatic carbocycles. The van der Waals surface area contributed by atoms with E-state index in [1.165, 1.54) is 42.1 Å². The summed E-state index contributed by atoms with van der Waals surface area (Å²) in [7, 11) is 1.46. The molecule has 2 aromatic heterocycles. The fraction of sp³-hybridized carbons (Fsp3) is 0.348. The van der Waals surface area contributed by atoms with E-state index in [1.807, 2.05) is 0 Å². The van der Waals surface area contributed by atoms with Crippen molar-refractivity contribution in [2.24, 2.45) is 0 Å². The largest absolute Gasteiger partial charge is 0.497 e. The number of alkyl halides is 2. The Morgan fingerprint density at radius 3 is 1.82 bits per heavy atom. The van der Waals surface area contributed by atoms with Crippen molar-refractivity contribution in [2.75, 3.05) is 7.11 Å². The zero-order valence-electron chi connectivity index (χ0n) is 33.4. The summed E-state index contributed by atoms with van der Waals surface area (Å²) in [6, 6.07) is 20.9. The minimum absolute atomic E-state index is 0.00432. The first-order valence-corrected chi connectivity index (χ1v) is 20.3. The summed E-state index contributed by atoms with van der Waals surface area (Å²) in [5.74, 6) is -2.20. The second-order valence-corrected chi connectivity index (χ2v) is 15.4. The highest BCUT2D eigenvalue weighted by Gasteiger charge is 2.30. The molecule has 6 aromatic rings. The average molecular weight is 847 g/mol. The average Bonchev–Trinajstić information content (AvgIpc) is 3.83. The van der Waals surface area contributed by atoms with Gasteiger partial charge < -0.3 is 34.7 Å². The molecule has 322 valence electrons. The van der Waals surface area contributed by atoms with E-state index in [-0.39, 0.29) is 40.0 Å². The molecule has 0 saturated heterocycles. The highest BCUT2D eigenvalue weighted by atomic mass is 19.3. The van der Waals surface area contributed by atoms with Crippen LogP contribution in [0.1, 0.15) is 89.4 Å². The number of carbonyl (C=O) groups is 2. The van der Waals surface area contributed by atoms with Crippen molar-refractivity contribution < 1.29 is 51.2 Å². The molecule has 0 bridgehead atoms. The van der Waals surface area contributed by atoms with E-state index in [1.54, 1.807) is 71.4 Å². The van der Waals surface area contributed by atoms with Crippen LogP contribution in [0.3, 0.4) is 0 Å². The minimum atomic E-state index is -3.08. The van der Waals surface area contributed by atoms with Gasteiger partial charge >= 0.3 is 6.61 Å². The predicted molar refractivity (Wildman–Crippen MR) is 219 cm³/mol. The van der Waals surface area contributed by atoms with E-state index in [9.17, 15) is 41.8 Å². The van der Waals surface area contributed by atoms with E-state index in [0.717, 1.165) is 25.7 Å². The van der Waals surface area contributed by atoms with Gasteiger partial charge in [0.15, 0.2) is 6.23 Å². The number of hydrogen-bond acceptors (Lipinski definition) is 6. The van der Waals surface area contributed by atoms with E-state index < -0.39 is 60.4 Å². The maximum Gasteiger partial charge on any atom is 0.347 e. The number of amides is 2. The number of aliphatic hydroxyl groups is 2. The molecule has 2 heterocycles. The van der Waals surface area contributed by atoms with Crippen LogP contribution in [0.25, 0.3) is 21.8 Å². The van der Waals surface area contributed by atoms with Gasteiger partial charge in [0.2, 0.25) is 0 Å². The van der Waals surface area contributed by atoms with Crippen LogP contribution in [0, 0.1) is 17.5 Å². The van der Waals surface area contributed by atoms with E-state index in [2.05, 4.69) is 10.6 Å². The van der Waals surface area contributed by atoms with Crippen LogP contribution in [-0.4, -0.2) is 69.2 Å². The highest BCUT2D eigenvalue weighted by molar-refractivity contribution is 6.08. The van der Waals surface area contributed by atoms with Crippen LogP contribution in [0.15, 0.2) is 97.3 Å². The lowest BCUT2D eigenvalue weighted by molar-refractivity contribution is -0.171. The summed E-state index contributed by atoms with van der Waals surface area (Å²) in [6.07, 6.45) is 6.47. The number of aromatic nitrogens is 2. The molecule has 15 heteroatoms. The number of aliphatic hydroxyl groups excluding tert-OH is 2. The van der Waals surface area contributed by atoms with Crippen LogP contribution in [0.4, 0.5) is 22.0 Å². The van der Waals surface area contributed by atoms with Crippen LogP contribution >= 0.6 is 0 Å². The second-order valence-electron chi connectivity index (χ2n) is 15.4. The number of carbonyl (C=O) groups excluding carboxylic acids is 2. The SMILES string of the molecule is COc1ccc(Cn2cc(C(=O)N[C@H]3CCCC[C@@H]3O)c3c(F)cccc32)c(F)c1.O=C(N[C@H]1CCCC[C@@H]1O)c1cn(C(OC(F)F)c2ccccc2)c2cccc(F)c12. The van der Waals surface area contributed by atoms with Crippen molar-refractivity contribution in [3.63, 3.8) is 0 Å². The number of nitrogens with one attached hydrogen (secondary N) is 2. The Morgan fingerprint density at radius 2 is 1.26 bits per heavy atom. The number of benzene rings is 4. The van der Waals surface area contributed by atoms with E-state index in [0.29, 0.717) is 48.1 Å². The lowest BCUT2D eigenvalue weighted by atomic mass is 9.92. The van der Waals surface area contributed by atoms with Gasteiger partial charge in [-0.15, -0.1) is 0 Å². The number of rotatable bonds is 11. The molecular weight excluding hydrogens is 800 g/mol. The number of ether oxygens (including phenoxy) is 2. The topological polar surface area (TPSA) is 127 Å². The first-order chi connectivity index (χ1) is 29.4. The normalized spacial score (nSPS) is 19.6. The Labute approximate surface area is 348 Å². The maximum absolute atomic E-state index is 14.8. The summed E-state index contributed by atoms with van der Waals surface area (Å²) in [5.41, 5.74) is 1.76. The predicted octanol–water partition coefficient (Wildman–Crippen LogP) is 8.61. The van der Waals surface area contributed by atoms with Gasteiger partial charge in [0.25, 0.3) is 11.8 Å². The fourth-order valence-electron chi connectivity index (χ4n) is 8.28. The third-order valence-corrected chi connectivity index (χ3v) is 11.4. The molecule has 2 aliphatic rings. The van der Waals surface area contributed by atoms with Crippen molar-refractivity contribution in [3.05, 3.63) is 137 Å². The molecule has 4 N–H and O–H groups in total. The Balaban J connectivity index is 0.000000184. The van der Waals surface area contributed by atoms with Gasteiger partial charge in [-0.1, -0.05) is 74.2 Å². The first-order valence-electron chi connectivity index (χ1n) is 20.3. The zero-order valence-corrected chi connectivity index (χ0v) is 33.4. The van der Waals surface area contributed by atoms with Gasteiger partial charge in [0.05, 0.1) is 60.1 Å². The van der Waals surface area contributed by atoms with Crippen LogP contribution in [-0.2, 0) is 11.3 Å². The van der Waals surface area contributed by atoms with Crippen molar-refractivity contribution >= 4 is 33.6 Å². The highest BCUT2D eigenvalue weighted by Crippen LogP contribution is 2.33. The van der Waals surface area contributed by atoms with Gasteiger partial charge in [-0.05, 0) is 56.0 Å². The smallest absolute Gasteiger partial charge is 0.347 e. The van der Waals surface area contributed by atoms with Crippen molar-refractivity contribution in [1.82, 2.24) is 19.8 Å². The molecule has 2 fully saturated rings. The number of fused-ring (bicyclic) bond motifs is 2. The quantitative estimate of drug-likeness (QED) is 0.0969. The lowest BCUT2D eigenvalue weighted by Crippen LogP contribution is -2.45. The molecular formula is C46H47F5N4O6. The molecule has 2 amide bonds. The van der Waals surface area contributed by atoms with Gasteiger partial charge in [0, 0.05) is 40.4 Å². The van der Waals surface area contributed by atoms with Crippen molar-refractivity contribution in [3.8, 4) is 5.75 Å². The van der Waals surface area contributed by atoms with Gasteiger partial charge in [-0.3, -0.25) is 14.3 Å². The summed E-state index contributed by atoms with van der Waals surface area (Å²) in [4.78, 5) is 26.0. The number of methoxy groups -OCH3 is 1. The Morgan fingerprint density at radius 1 is 0.705 bits per heavy atom. The summed E-state index contributed by atoms with van der Waals surface area (Å²) < 4.78 is 83.2. The van der Waals surface area contributed by atoms with Crippen LogP contribution < -0.4 is 15.4 Å². The molecule has 0 aliphatic heterocycles. The molecule has 0 radical (unpaired) electrons. The molecule has 8 rings (SSSR count). The Bertz CT molecular complexity index is 2480. The molecule has 2 saturated carbocycles. The monoisotopic (exact) mass is 846 g/mol. The molecule has 4 aromatic carbocycles. The van der Waals surface area contributed by atoms with Crippen molar-refractivity contribution in [2.45, 2.75) is 95.0 Å². The Kier molecular flexibility index (Phi) is 13.7. The third-order valence-electron chi connectivity index (χ3n) is 11.4. The number of hydrogen-bond donors (Lipinski definition) is 4. The molecule has 10 nitrogen and oxygen atoms in total.